The van der Waals surface area contributed by atoms with Crippen molar-refractivity contribution in [2.45, 2.75) is 71.5 Å². The van der Waals surface area contributed by atoms with Gasteiger partial charge in [-0.15, -0.1) is 0 Å². The van der Waals surface area contributed by atoms with Crippen molar-refractivity contribution in [2.75, 3.05) is 6.61 Å². The van der Waals surface area contributed by atoms with Crippen molar-refractivity contribution < 1.29 is 9.84 Å². The summed E-state index contributed by atoms with van der Waals surface area (Å²) in [5.41, 5.74) is 0. The summed E-state index contributed by atoms with van der Waals surface area (Å²) in [6, 6.07) is 0. The number of rotatable bonds is 9. The largest absolute Gasteiger partial charge is 0.390 e. The van der Waals surface area contributed by atoms with Crippen LogP contribution < -0.4 is 0 Å². The van der Waals surface area contributed by atoms with E-state index in [-0.39, 0.29) is 12.2 Å². The highest BCUT2D eigenvalue weighted by molar-refractivity contribution is 4.68. The van der Waals surface area contributed by atoms with Gasteiger partial charge in [0.1, 0.15) is 0 Å². The lowest BCUT2D eigenvalue weighted by atomic mass is 10.0. The van der Waals surface area contributed by atoms with Crippen LogP contribution in [0.5, 0.6) is 0 Å². The van der Waals surface area contributed by atoms with Gasteiger partial charge in [0.15, 0.2) is 0 Å². The van der Waals surface area contributed by atoms with Crippen LogP contribution in [0.2, 0.25) is 0 Å². The van der Waals surface area contributed by atoms with Gasteiger partial charge in [-0.1, -0.05) is 40.0 Å². The number of aliphatic hydroxyl groups is 1. The van der Waals surface area contributed by atoms with E-state index in [9.17, 15) is 5.11 Å². The number of hydrogen-bond donors (Lipinski definition) is 1. The van der Waals surface area contributed by atoms with Gasteiger partial charge in [0.05, 0.1) is 12.2 Å². The third kappa shape index (κ3) is 6.39. The van der Waals surface area contributed by atoms with Gasteiger partial charge < -0.3 is 9.84 Å². The predicted octanol–water partition coefficient (Wildman–Crippen LogP) is 3.13. The minimum atomic E-state index is -0.267. The van der Waals surface area contributed by atoms with E-state index >= 15 is 0 Å². The van der Waals surface area contributed by atoms with Gasteiger partial charge in [-0.25, -0.2) is 0 Å². The Hall–Kier alpha value is -0.0800. The third-order valence-electron chi connectivity index (χ3n) is 2.42. The minimum Gasteiger partial charge on any atom is -0.390 e. The Morgan fingerprint density at radius 2 is 1.64 bits per heavy atom. The van der Waals surface area contributed by atoms with E-state index in [0.29, 0.717) is 0 Å². The summed E-state index contributed by atoms with van der Waals surface area (Å²) in [6.07, 6.45) is 5.99. The molecular formula is C12H26O2. The van der Waals surface area contributed by atoms with Crippen LogP contribution in [-0.4, -0.2) is 23.9 Å². The molecular weight excluding hydrogens is 176 g/mol. The fourth-order valence-corrected chi connectivity index (χ4v) is 1.53. The molecule has 86 valence electrons. The Kier molecular flexibility index (Phi) is 9.42. The van der Waals surface area contributed by atoms with E-state index in [2.05, 4.69) is 20.8 Å². The van der Waals surface area contributed by atoms with Crippen LogP contribution >= 0.6 is 0 Å². The first kappa shape index (κ1) is 13.9. The summed E-state index contributed by atoms with van der Waals surface area (Å²) in [4.78, 5) is 0. The zero-order chi connectivity index (χ0) is 10.8. The van der Waals surface area contributed by atoms with E-state index in [4.69, 9.17) is 4.74 Å². The molecule has 0 radical (unpaired) electrons. The molecule has 0 saturated heterocycles. The van der Waals surface area contributed by atoms with Crippen molar-refractivity contribution in [3.63, 3.8) is 0 Å². The van der Waals surface area contributed by atoms with Gasteiger partial charge in [-0.05, 0) is 19.3 Å². The highest BCUT2D eigenvalue weighted by Crippen LogP contribution is 2.12. The Balaban J connectivity index is 3.74. The zero-order valence-electron chi connectivity index (χ0n) is 9.96. The highest BCUT2D eigenvalue weighted by atomic mass is 16.5. The Morgan fingerprint density at radius 3 is 2.14 bits per heavy atom. The van der Waals surface area contributed by atoms with Gasteiger partial charge in [0.2, 0.25) is 0 Å². The molecule has 0 heterocycles. The number of hydrogen-bond acceptors (Lipinski definition) is 2. The molecule has 0 amide bonds. The smallest absolute Gasteiger partial charge is 0.0833 e. The van der Waals surface area contributed by atoms with Crippen LogP contribution in [0.1, 0.15) is 59.3 Å². The van der Waals surface area contributed by atoms with Crippen molar-refractivity contribution in [3.05, 3.63) is 0 Å². The summed E-state index contributed by atoms with van der Waals surface area (Å²) in [5, 5.41) is 9.81. The maximum absolute atomic E-state index is 9.81. The van der Waals surface area contributed by atoms with Crippen molar-refractivity contribution in [3.8, 4) is 0 Å². The van der Waals surface area contributed by atoms with Crippen LogP contribution in [0.3, 0.4) is 0 Å². The average Bonchev–Trinajstić information content (AvgIpc) is 2.17. The van der Waals surface area contributed by atoms with Gasteiger partial charge in [0.25, 0.3) is 0 Å². The molecule has 2 nitrogen and oxygen atoms in total. The molecule has 2 heteroatoms. The van der Waals surface area contributed by atoms with Gasteiger partial charge in [0, 0.05) is 6.61 Å². The molecule has 0 fully saturated rings. The fourth-order valence-electron chi connectivity index (χ4n) is 1.53. The first-order valence-corrected chi connectivity index (χ1v) is 6.05. The van der Waals surface area contributed by atoms with E-state index in [1.807, 2.05) is 0 Å². The standard InChI is InChI=1S/C12H26O2/c1-4-7-10-14-12(9-6-3)11(13)8-5-2/h11-13H,4-10H2,1-3H3. The second kappa shape index (κ2) is 9.47. The maximum atomic E-state index is 9.81. The Labute approximate surface area is 88.7 Å². The molecule has 1 N–H and O–H groups in total. The molecule has 0 saturated carbocycles. The maximum Gasteiger partial charge on any atom is 0.0833 e. The third-order valence-corrected chi connectivity index (χ3v) is 2.42. The predicted molar refractivity (Wildman–Crippen MR) is 60.5 cm³/mol. The van der Waals surface area contributed by atoms with Crippen molar-refractivity contribution in [1.29, 1.82) is 0 Å². The normalized spacial score (nSPS) is 15.4. The fraction of sp³-hybridized carbons (Fsp3) is 1.00. The number of unbranched alkanes of at least 4 members (excludes halogenated alkanes) is 1. The lowest BCUT2D eigenvalue weighted by molar-refractivity contribution is -0.0456. The van der Waals surface area contributed by atoms with Crippen LogP contribution in [0.4, 0.5) is 0 Å². The second-order valence-corrected chi connectivity index (χ2v) is 3.91. The molecule has 2 unspecified atom stereocenters. The van der Waals surface area contributed by atoms with E-state index < -0.39 is 0 Å². The molecule has 0 aromatic carbocycles. The van der Waals surface area contributed by atoms with Crippen LogP contribution in [0, 0.1) is 0 Å². The summed E-state index contributed by atoms with van der Waals surface area (Å²) in [6.45, 7) is 7.18. The molecule has 0 aliphatic rings. The first-order chi connectivity index (χ1) is 6.76. The summed E-state index contributed by atoms with van der Waals surface area (Å²) >= 11 is 0. The molecule has 0 aliphatic heterocycles. The van der Waals surface area contributed by atoms with Crippen molar-refractivity contribution in [2.24, 2.45) is 0 Å². The highest BCUT2D eigenvalue weighted by Gasteiger charge is 2.17. The Morgan fingerprint density at radius 1 is 1.00 bits per heavy atom. The van der Waals surface area contributed by atoms with Crippen molar-refractivity contribution in [1.82, 2.24) is 0 Å². The SMILES string of the molecule is CCCCOC(CCC)C(O)CCC. The van der Waals surface area contributed by atoms with Crippen molar-refractivity contribution >= 4 is 0 Å². The molecule has 0 rings (SSSR count). The van der Waals surface area contributed by atoms with Crippen LogP contribution in [0.25, 0.3) is 0 Å². The lowest BCUT2D eigenvalue weighted by Crippen LogP contribution is -2.29. The zero-order valence-corrected chi connectivity index (χ0v) is 9.96. The second-order valence-electron chi connectivity index (χ2n) is 3.91. The summed E-state index contributed by atoms with van der Waals surface area (Å²) in [5.74, 6) is 0. The minimum absolute atomic E-state index is 0.0616. The molecule has 0 aliphatic carbocycles. The van der Waals surface area contributed by atoms with Gasteiger partial charge in [-0.2, -0.15) is 0 Å². The monoisotopic (exact) mass is 202 g/mol. The Bertz CT molecular complexity index is 115. The quantitative estimate of drug-likeness (QED) is 0.582. The molecule has 0 aromatic rings. The van der Waals surface area contributed by atoms with Gasteiger partial charge in [-0.3, -0.25) is 0 Å². The molecule has 2 atom stereocenters. The molecule has 0 bridgehead atoms. The van der Waals surface area contributed by atoms with Crippen LogP contribution in [0.15, 0.2) is 0 Å². The lowest BCUT2D eigenvalue weighted by Gasteiger charge is -2.22. The molecule has 14 heavy (non-hydrogen) atoms. The van der Waals surface area contributed by atoms with E-state index in [1.165, 1.54) is 0 Å². The number of aliphatic hydroxyl groups excluding tert-OH is 1. The van der Waals surface area contributed by atoms with E-state index in [0.717, 1.165) is 45.1 Å². The molecule has 0 spiro atoms. The van der Waals surface area contributed by atoms with Crippen LogP contribution in [-0.2, 0) is 4.74 Å². The summed E-state index contributed by atoms with van der Waals surface area (Å²) < 4.78 is 5.69. The number of ether oxygens (including phenoxy) is 1. The summed E-state index contributed by atoms with van der Waals surface area (Å²) in [7, 11) is 0. The topological polar surface area (TPSA) is 29.5 Å². The molecule has 0 aromatic heterocycles. The average molecular weight is 202 g/mol. The van der Waals surface area contributed by atoms with Gasteiger partial charge >= 0.3 is 0 Å². The first-order valence-electron chi connectivity index (χ1n) is 6.05. The van der Waals surface area contributed by atoms with E-state index in [1.54, 1.807) is 0 Å².